The van der Waals surface area contributed by atoms with Gasteiger partial charge in [0.1, 0.15) is 0 Å². The molecule has 92 valence electrons. The van der Waals surface area contributed by atoms with Crippen LogP contribution in [0.4, 0.5) is 0 Å². The first-order chi connectivity index (χ1) is 7.50. The molecular formula is C11H22N4O. The van der Waals surface area contributed by atoms with Crippen molar-refractivity contribution in [2.24, 2.45) is 7.05 Å². The van der Waals surface area contributed by atoms with E-state index in [1.807, 2.05) is 7.05 Å². The molecule has 0 fully saturated rings. The second kappa shape index (κ2) is 5.41. The smallest absolute Gasteiger partial charge is 0.0754 e. The predicted octanol–water partition coefficient (Wildman–Crippen LogP) is 1.28. The molecule has 1 atom stereocenters. The van der Waals surface area contributed by atoms with Crippen molar-refractivity contribution < 1.29 is 4.74 Å². The molecule has 5 nitrogen and oxygen atoms in total. The Hall–Kier alpha value is -0.940. The molecule has 0 saturated heterocycles. The summed E-state index contributed by atoms with van der Waals surface area (Å²) in [6.07, 6.45) is 2.69. The molecule has 0 spiro atoms. The Morgan fingerprint density at radius 1 is 1.56 bits per heavy atom. The first kappa shape index (κ1) is 13.1. The number of hydrogen-bond donors (Lipinski definition) is 1. The molecule has 0 bridgehead atoms. The molecule has 0 aliphatic heterocycles. The molecule has 0 amide bonds. The number of ether oxygens (including phenoxy) is 1. The average molecular weight is 226 g/mol. The predicted molar refractivity (Wildman–Crippen MR) is 63.1 cm³/mol. The number of aryl methyl sites for hydroxylation is 1. The van der Waals surface area contributed by atoms with E-state index in [4.69, 9.17) is 4.74 Å². The Labute approximate surface area is 97.2 Å². The molecule has 1 heterocycles. The molecule has 0 aliphatic rings. The quantitative estimate of drug-likeness (QED) is 0.794. The third-order valence-electron chi connectivity index (χ3n) is 2.81. The number of nitrogens with zero attached hydrogens (tertiary/aromatic N) is 3. The number of methoxy groups -OCH3 is 1. The van der Waals surface area contributed by atoms with E-state index in [1.54, 1.807) is 18.0 Å². The van der Waals surface area contributed by atoms with Gasteiger partial charge >= 0.3 is 0 Å². The van der Waals surface area contributed by atoms with Crippen LogP contribution in [0.3, 0.4) is 0 Å². The van der Waals surface area contributed by atoms with Crippen LogP contribution in [0.15, 0.2) is 6.20 Å². The van der Waals surface area contributed by atoms with Gasteiger partial charge in [-0.1, -0.05) is 12.1 Å². The zero-order chi connectivity index (χ0) is 12.2. The van der Waals surface area contributed by atoms with E-state index in [0.717, 1.165) is 18.7 Å². The number of rotatable bonds is 6. The molecule has 1 aromatic heterocycles. The van der Waals surface area contributed by atoms with Crippen LogP contribution in [0.2, 0.25) is 0 Å². The normalized spacial score (nSPS) is 14.1. The minimum Gasteiger partial charge on any atom is -0.379 e. The van der Waals surface area contributed by atoms with Crippen molar-refractivity contribution in [2.75, 3.05) is 13.7 Å². The Bertz CT molecular complexity index is 322. The lowest BCUT2D eigenvalue weighted by atomic mass is 9.97. The lowest BCUT2D eigenvalue weighted by Gasteiger charge is -2.28. The largest absolute Gasteiger partial charge is 0.379 e. The fraction of sp³-hybridized carbons (Fsp3) is 0.818. The molecule has 1 unspecified atom stereocenters. The minimum absolute atomic E-state index is 0.156. The highest BCUT2D eigenvalue weighted by molar-refractivity contribution is 5.03. The Morgan fingerprint density at radius 3 is 2.69 bits per heavy atom. The van der Waals surface area contributed by atoms with Gasteiger partial charge in [-0.3, -0.25) is 4.68 Å². The van der Waals surface area contributed by atoms with Gasteiger partial charge < -0.3 is 10.1 Å². The lowest BCUT2D eigenvalue weighted by Crippen LogP contribution is -2.33. The molecule has 0 saturated carbocycles. The van der Waals surface area contributed by atoms with Crippen molar-refractivity contribution in [3.05, 3.63) is 11.9 Å². The van der Waals surface area contributed by atoms with Crippen molar-refractivity contribution in [3.8, 4) is 0 Å². The van der Waals surface area contributed by atoms with Crippen LogP contribution in [0, 0.1) is 0 Å². The molecule has 5 heteroatoms. The topological polar surface area (TPSA) is 52.0 Å². The van der Waals surface area contributed by atoms with Gasteiger partial charge in [-0.05, 0) is 26.8 Å². The standard InChI is InChI=1S/C11H22N4O/c1-6-12-9(7-11(2,3)16-5)10-8-13-14-15(10)4/h8-9,12H,6-7H2,1-5H3. The van der Waals surface area contributed by atoms with Crippen molar-refractivity contribution in [3.63, 3.8) is 0 Å². The second-order valence-electron chi connectivity index (χ2n) is 4.56. The zero-order valence-electron chi connectivity index (χ0n) is 10.8. The monoisotopic (exact) mass is 226 g/mol. The third kappa shape index (κ3) is 3.28. The van der Waals surface area contributed by atoms with Crippen LogP contribution < -0.4 is 5.32 Å². The van der Waals surface area contributed by atoms with Crippen molar-refractivity contribution >= 4 is 0 Å². The Kier molecular flexibility index (Phi) is 4.44. The number of aromatic nitrogens is 3. The molecule has 1 rings (SSSR count). The summed E-state index contributed by atoms with van der Waals surface area (Å²) in [6, 6.07) is 0.222. The highest BCUT2D eigenvalue weighted by Crippen LogP contribution is 2.24. The average Bonchev–Trinajstić information content (AvgIpc) is 2.64. The zero-order valence-corrected chi connectivity index (χ0v) is 10.8. The van der Waals surface area contributed by atoms with E-state index in [1.165, 1.54) is 0 Å². The van der Waals surface area contributed by atoms with Crippen LogP contribution >= 0.6 is 0 Å². The summed E-state index contributed by atoms with van der Waals surface area (Å²) < 4.78 is 7.27. The fourth-order valence-corrected chi connectivity index (χ4v) is 1.72. The molecule has 0 aromatic carbocycles. The number of hydrogen-bond acceptors (Lipinski definition) is 4. The molecule has 0 radical (unpaired) electrons. The van der Waals surface area contributed by atoms with E-state index in [0.29, 0.717) is 0 Å². The van der Waals surface area contributed by atoms with Crippen LogP contribution in [0.5, 0.6) is 0 Å². The van der Waals surface area contributed by atoms with Crippen molar-refractivity contribution in [1.29, 1.82) is 0 Å². The summed E-state index contributed by atoms with van der Waals surface area (Å²) in [5.41, 5.74) is 0.934. The van der Waals surface area contributed by atoms with E-state index in [2.05, 4.69) is 36.4 Å². The molecule has 1 N–H and O–H groups in total. The molecule has 16 heavy (non-hydrogen) atoms. The Balaban J connectivity index is 2.80. The summed E-state index contributed by atoms with van der Waals surface area (Å²) in [6.45, 7) is 7.18. The highest BCUT2D eigenvalue weighted by Gasteiger charge is 2.25. The van der Waals surface area contributed by atoms with Crippen LogP contribution in [-0.2, 0) is 11.8 Å². The van der Waals surface area contributed by atoms with E-state index in [-0.39, 0.29) is 11.6 Å². The van der Waals surface area contributed by atoms with Crippen LogP contribution in [0.1, 0.15) is 38.9 Å². The van der Waals surface area contributed by atoms with Gasteiger partial charge in [-0.2, -0.15) is 0 Å². The maximum atomic E-state index is 5.46. The summed E-state index contributed by atoms with van der Waals surface area (Å²) in [7, 11) is 3.65. The van der Waals surface area contributed by atoms with Gasteiger partial charge in [-0.25, -0.2) is 0 Å². The van der Waals surface area contributed by atoms with Gasteiger partial charge in [0.25, 0.3) is 0 Å². The van der Waals surface area contributed by atoms with Gasteiger partial charge in [0.05, 0.1) is 23.5 Å². The Morgan fingerprint density at radius 2 is 2.25 bits per heavy atom. The summed E-state index contributed by atoms with van der Waals surface area (Å²) in [4.78, 5) is 0. The maximum Gasteiger partial charge on any atom is 0.0754 e. The van der Waals surface area contributed by atoms with Crippen LogP contribution in [0.25, 0.3) is 0 Å². The third-order valence-corrected chi connectivity index (χ3v) is 2.81. The van der Waals surface area contributed by atoms with Gasteiger partial charge in [-0.15, -0.1) is 5.10 Å². The first-order valence-corrected chi connectivity index (χ1v) is 5.63. The van der Waals surface area contributed by atoms with Crippen molar-refractivity contribution in [2.45, 2.75) is 38.8 Å². The number of nitrogens with one attached hydrogen (secondary N) is 1. The van der Waals surface area contributed by atoms with Gasteiger partial charge in [0, 0.05) is 14.2 Å². The van der Waals surface area contributed by atoms with E-state index < -0.39 is 0 Å². The molecule has 0 aliphatic carbocycles. The van der Waals surface area contributed by atoms with Crippen molar-refractivity contribution in [1.82, 2.24) is 20.3 Å². The van der Waals surface area contributed by atoms with Gasteiger partial charge in [0.15, 0.2) is 0 Å². The van der Waals surface area contributed by atoms with E-state index >= 15 is 0 Å². The summed E-state index contributed by atoms with van der Waals surface area (Å²) in [5.74, 6) is 0. The van der Waals surface area contributed by atoms with Gasteiger partial charge in [0.2, 0.25) is 0 Å². The van der Waals surface area contributed by atoms with E-state index in [9.17, 15) is 0 Å². The highest BCUT2D eigenvalue weighted by atomic mass is 16.5. The molecular weight excluding hydrogens is 204 g/mol. The fourth-order valence-electron chi connectivity index (χ4n) is 1.72. The first-order valence-electron chi connectivity index (χ1n) is 5.63. The molecule has 1 aromatic rings. The minimum atomic E-state index is -0.156. The maximum absolute atomic E-state index is 5.46. The lowest BCUT2D eigenvalue weighted by molar-refractivity contribution is 0.00634. The second-order valence-corrected chi connectivity index (χ2v) is 4.56. The summed E-state index contributed by atoms with van der Waals surface area (Å²) in [5, 5.41) is 11.3. The summed E-state index contributed by atoms with van der Waals surface area (Å²) >= 11 is 0. The SMILES string of the molecule is CCNC(CC(C)(C)OC)c1cnnn1C. The van der Waals surface area contributed by atoms with Crippen LogP contribution in [-0.4, -0.2) is 34.2 Å².